The Morgan fingerprint density at radius 3 is 1.80 bits per heavy atom. The van der Waals surface area contributed by atoms with Gasteiger partial charge in [0.1, 0.15) is 11.4 Å². The highest BCUT2D eigenvalue weighted by atomic mass is 79.9. The standard InChI is InChI=1S/C12H13N3O2.C6H4Br3O3P/c16-9-7-8(13-1-2-13)12(17)11(15-5-6-15)10(9)14-3-4-14;7-3-1-4(8)6(5(9)2-3)12-13(10)11/h7H,1-6H2;1-2,10-11H. The lowest BCUT2D eigenvalue weighted by Gasteiger charge is -2.21. The summed E-state index contributed by atoms with van der Waals surface area (Å²) in [6.45, 7) is 5.41. The summed E-state index contributed by atoms with van der Waals surface area (Å²) in [5.41, 5.74) is 1.89. The van der Waals surface area contributed by atoms with Crippen LogP contribution in [0.2, 0.25) is 0 Å². The molecule has 0 saturated carbocycles. The zero-order valence-electron chi connectivity index (χ0n) is 15.5. The van der Waals surface area contributed by atoms with Gasteiger partial charge in [-0.25, -0.2) is 0 Å². The van der Waals surface area contributed by atoms with Crippen LogP contribution in [-0.2, 0) is 9.59 Å². The third kappa shape index (κ3) is 5.08. The number of rotatable bonds is 5. The number of hydrogen-bond acceptors (Lipinski definition) is 8. The lowest BCUT2D eigenvalue weighted by Crippen LogP contribution is -2.29. The molecule has 8 nitrogen and oxygen atoms in total. The monoisotopic (exact) mass is 623 g/mol. The molecule has 12 heteroatoms. The molecule has 3 fully saturated rings. The summed E-state index contributed by atoms with van der Waals surface area (Å²) in [5.74, 6) is 0.423. The Hall–Kier alpha value is -0.970. The van der Waals surface area contributed by atoms with Crippen LogP contribution in [0.15, 0.2) is 48.7 Å². The molecule has 3 heterocycles. The van der Waals surface area contributed by atoms with Crippen molar-refractivity contribution >= 4 is 68.0 Å². The minimum atomic E-state index is -2.39. The van der Waals surface area contributed by atoms with Gasteiger partial charge in [-0.1, -0.05) is 15.9 Å². The maximum atomic E-state index is 12.4. The van der Waals surface area contributed by atoms with Gasteiger partial charge in [0, 0.05) is 49.8 Å². The van der Waals surface area contributed by atoms with Crippen molar-refractivity contribution in [2.45, 2.75) is 0 Å². The SMILES string of the molecule is O=C1C=C(N2CC2)C(=O)C(N2CC2)=C1N1CC1.OP(O)Oc1c(Br)cc(Br)cc1Br. The van der Waals surface area contributed by atoms with Gasteiger partial charge in [0.2, 0.25) is 11.6 Å². The summed E-state index contributed by atoms with van der Waals surface area (Å²) >= 11 is 9.74. The van der Waals surface area contributed by atoms with Crippen molar-refractivity contribution < 1.29 is 23.9 Å². The van der Waals surface area contributed by atoms with E-state index in [9.17, 15) is 9.59 Å². The molecule has 0 aromatic heterocycles. The summed E-state index contributed by atoms with van der Waals surface area (Å²) in [7, 11) is -2.39. The lowest BCUT2D eigenvalue weighted by atomic mass is 10.0. The molecule has 3 aliphatic heterocycles. The van der Waals surface area contributed by atoms with E-state index < -0.39 is 8.60 Å². The van der Waals surface area contributed by atoms with Crippen molar-refractivity contribution in [2.75, 3.05) is 39.3 Å². The molecule has 1 aliphatic carbocycles. The number of halogens is 3. The lowest BCUT2D eigenvalue weighted by molar-refractivity contribution is -0.117. The molecule has 0 radical (unpaired) electrons. The van der Waals surface area contributed by atoms with Crippen LogP contribution in [0.5, 0.6) is 5.75 Å². The van der Waals surface area contributed by atoms with Gasteiger partial charge < -0.3 is 29.0 Å². The van der Waals surface area contributed by atoms with Crippen LogP contribution in [-0.4, -0.2) is 75.3 Å². The summed E-state index contributed by atoms with van der Waals surface area (Å²) in [5, 5.41) is 0. The van der Waals surface area contributed by atoms with E-state index in [2.05, 4.69) is 47.8 Å². The fraction of sp³-hybridized carbons (Fsp3) is 0.333. The molecule has 5 rings (SSSR count). The molecule has 3 saturated heterocycles. The van der Waals surface area contributed by atoms with E-state index in [1.807, 2.05) is 14.7 Å². The topological polar surface area (TPSA) is 92.9 Å². The van der Waals surface area contributed by atoms with E-state index in [-0.39, 0.29) is 11.6 Å². The minimum absolute atomic E-state index is 0.00546. The summed E-state index contributed by atoms with van der Waals surface area (Å²) in [6, 6.07) is 3.50. The number of benzene rings is 1. The van der Waals surface area contributed by atoms with Crippen LogP contribution in [0.25, 0.3) is 0 Å². The average molecular weight is 626 g/mol. The van der Waals surface area contributed by atoms with Crippen LogP contribution in [0, 0.1) is 0 Å². The number of carbonyl (C=O) groups is 2. The van der Waals surface area contributed by atoms with Crippen molar-refractivity contribution in [2.24, 2.45) is 0 Å². The molecule has 1 aromatic carbocycles. The van der Waals surface area contributed by atoms with E-state index in [0.29, 0.717) is 31.8 Å². The van der Waals surface area contributed by atoms with Crippen molar-refractivity contribution in [3.8, 4) is 5.75 Å². The Kier molecular flexibility index (Phi) is 6.58. The van der Waals surface area contributed by atoms with E-state index >= 15 is 0 Å². The van der Waals surface area contributed by atoms with E-state index in [0.717, 1.165) is 43.7 Å². The number of ketones is 2. The Morgan fingerprint density at radius 1 is 0.833 bits per heavy atom. The second kappa shape index (κ2) is 8.88. The number of Topliss-reactive ketones (excluding diaryl/α,β-unsaturated/α-hetero) is 1. The first-order valence-electron chi connectivity index (χ1n) is 9.06. The predicted molar refractivity (Wildman–Crippen MR) is 121 cm³/mol. The Balaban J connectivity index is 0.000000152. The molecule has 4 aliphatic rings. The molecule has 0 unspecified atom stereocenters. The summed E-state index contributed by atoms with van der Waals surface area (Å²) in [4.78, 5) is 47.8. The van der Waals surface area contributed by atoms with Gasteiger partial charge in [-0.2, -0.15) is 0 Å². The molecule has 1 aromatic rings. The van der Waals surface area contributed by atoms with E-state index in [1.165, 1.54) is 6.08 Å². The summed E-state index contributed by atoms with van der Waals surface area (Å²) in [6.07, 6.45) is 1.52. The maximum absolute atomic E-state index is 12.4. The smallest absolute Gasteiger partial charge is 0.391 e. The van der Waals surface area contributed by atoms with Crippen LogP contribution in [0.3, 0.4) is 0 Å². The largest absolute Gasteiger partial charge is 0.425 e. The molecule has 160 valence electrons. The molecular formula is C18H17Br3N3O5P. The second-order valence-corrected chi connectivity index (χ2v) is 10.2. The molecule has 0 bridgehead atoms. The first-order valence-corrected chi connectivity index (χ1v) is 12.6. The Labute approximate surface area is 199 Å². The third-order valence-corrected chi connectivity index (χ3v) is 6.61. The van der Waals surface area contributed by atoms with E-state index in [1.54, 1.807) is 12.1 Å². The minimum Gasteiger partial charge on any atom is -0.425 e. The first kappa shape index (κ1) is 22.2. The first-order chi connectivity index (χ1) is 14.3. The zero-order valence-corrected chi connectivity index (χ0v) is 21.2. The molecule has 0 atom stereocenters. The molecule has 0 spiro atoms. The normalized spacial score (nSPS) is 19.7. The zero-order chi connectivity index (χ0) is 21.6. The Bertz CT molecular complexity index is 949. The highest BCUT2D eigenvalue weighted by molar-refractivity contribution is 9.11. The number of hydrogen-bond donors (Lipinski definition) is 2. The quantitative estimate of drug-likeness (QED) is 0.293. The van der Waals surface area contributed by atoms with Crippen LogP contribution in [0.4, 0.5) is 0 Å². The average Bonchev–Trinajstić information content (AvgIpc) is 3.53. The summed E-state index contributed by atoms with van der Waals surface area (Å²) < 4.78 is 6.94. The molecule has 0 amide bonds. The van der Waals surface area contributed by atoms with Crippen LogP contribution < -0.4 is 4.52 Å². The Morgan fingerprint density at radius 2 is 1.33 bits per heavy atom. The molecule has 2 N–H and O–H groups in total. The highest BCUT2D eigenvalue weighted by Gasteiger charge is 2.43. The van der Waals surface area contributed by atoms with Crippen molar-refractivity contribution in [1.29, 1.82) is 0 Å². The van der Waals surface area contributed by atoms with Gasteiger partial charge in [-0.15, -0.1) is 0 Å². The van der Waals surface area contributed by atoms with Gasteiger partial charge in [0.15, 0.2) is 5.75 Å². The van der Waals surface area contributed by atoms with Crippen molar-refractivity contribution in [3.05, 3.63) is 48.7 Å². The fourth-order valence-electron chi connectivity index (χ4n) is 2.97. The van der Waals surface area contributed by atoms with Crippen molar-refractivity contribution in [1.82, 2.24) is 14.7 Å². The van der Waals surface area contributed by atoms with Gasteiger partial charge in [0.25, 0.3) is 0 Å². The number of allylic oxidation sites excluding steroid dienone is 1. The predicted octanol–water partition coefficient (Wildman–Crippen LogP) is 2.74. The fourth-order valence-corrected chi connectivity index (χ4v) is 6.00. The van der Waals surface area contributed by atoms with Gasteiger partial charge >= 0.3 is 8.60 Å². The van der Waals surface area contributed by atoms with Crippen molar-refractivity contribution in [3.63, 3.8) is 0 Å². The number of nitrogens with zero attached hydrogens (tertiary/aromatic N) is 3. The third-order valence-electron chi connectivity index (χ3n) is 4.62. The highest BCUT2D eigenvalue weighted by Crippen LogP contribution is 2.41. The van der Waals surface area contributed by atoms with E-state index in [4.69, 9.17) is 14.3 Å². The van der Waals surface area contributed by atoms with Gasteiger partial charge in [-0.05, 0) is 44.0 Å². The van der Waals surface area contributed by atoms with Crippen LogP contribution in [0.1, 0.15) is 0 Å². The molecular weight excluding hydrogens is 609 g/mol. The molecule has 30 heavy (non-hydrogen) atoms. The van der Waals surface area contributed by atoms with Crippen LogP contribution >= 0.6 is 56.4 Å². The maximum Gasteiger partial charge on any atom is 0.391 e. The second-order valence-electron chi connectivity index (χ2n) is 6.92. The van der Waals surface area contributed by atoms with Gasteiger partial charge in [0.05, 0.1) is 14.6 Å². The number of carbonyl (C=O) groups excluding carboxylic acids is 2. The van der Waals surface area contributed by atoms with Gasteiger partial charge in [-0.3, -0.25) is 9.59 Å².